The third-order valence-corrected chi connectivity index (χ3v) is 11.6. The second kappa shape index (κ2) is 14.6. The minimum atomic E-state index is 0.520. The molecule has 7 aromatic carbocycles. The highest BCUT2D eigenvalue weighted by Gasteiger charge is 2.18. The molecule has 0 saturated heterocycles. The van der Waals surface area contributed by atoms with E-state index in [2.05, 4.69) is 166 Å². The lowest BCUT2D eigenvalue weighted by Crippen LogP contribution is -1.97. The average molecular weight is 795 g/mol. The van der Waals surface area contributed by atoms with E-state index in [4.69, 9.17) is 19.4 Å². The van der Waals surface area contributed by atoms with Crippen LogP contribution < -0.4 is 0 Å². The summed E-state index contributed by atoms with van der Waals surface area (Å²) in [6, 6.07) is 67.2. The summed E-state index contributed by atoms with van der Waals surface area (Å²) in [4.78, 5) is 24.3. The Kier molecular flexibility index (Phi) is 8.35. The lowest BCUT2D eigenvalue weighted by molar-refractivity contribution is 0.652. The zero-order valence-electron chi connectivity index (χ0n) is 33.2. The number of furan rings is 1. The highest BCUT2D eigenvalue weighted by Crippen LogP contribution is 2.37. The first-order valence-electron chi connectivity index (χ1n) is 20.6. The average Bonchev–Trinajstić information content (AvgIpc) is 3.90. The fourth-order valence-electron chi connectivity index (χ4n) is 8.58. The normalized spacial score (nSPS) is 11.5. The molecule has 5 heterocycles. The van der Waals surface area contributed by atoms with Crippen LogP contribution in [-0.4, -0.2) is 29.5 Å². The van der Waals surface area contributed by atoms with E-state index in [0.717, 1.165) is 78.2 Å². The summed E-state index contributed by atoms with van der Waals surface area (Å²) in [5, 5.41) is 3.31. The lowest BCUT2D eigenvalue weighted by Gasteiger charge is -2.12. The van der Waals surface area contributed by atoms with Crippen LogP contribution in [-0.2, 0) is 0 Å². The molecule has 5 aromatic heterocycles. The van der Waals surface area contributed by atoms with Crippen LogP contribution in [0.5, 0.6) is 0 Å². The molecule has 12 aromatic rings. The van der Waals surface area contributed by atoms with Crippen LogP contribution in [0.3, 0.4) is 0 Å². The van der Waals surface area contributed by atoms with Gasteiger partial charge in [-0.1, -0.05) is 152 Å². The third-order valence-electron chi connectivity index (χ3n) is 11.6. The highest BCUT2D eigenvalue weighted by molar-refractivity contribution is 6.09. The van der Waals surface area contributed by atoms with Gasteiger partial charge in [0.2, 0.25) is 5.71 Å². The minimum Gasteiger partial charge on any atom is -0.434 e. The maximum atomic E-state index is 6.35. The fraction of sp³-hybridized carbons (Fsp3) is 0. The maximum Gasteiger partial charge on any atom is 0.229 e. The Morgan fingerprint density at radius 2 is 0.952 bits per heavy atom. The molecular formula is C55H34N6O. The zero-order chi connectivity index (χ0) is 41.0. The molecule has 12 rings (SSSR count). The van der Waals surface area contributed by atoms with Crippen LogP contribution in [0, 0.1) is 0 Å². The fourth-order valence-corrected chi connectivity index (χ4v) is 8.58. The number of hydrogen-bond donors (Lipinski definition) is 0. The molecule has 290 valence electrons. The van der Waals surface area contributed by atoms with Crippen LogP contribution in [0.15, 0.2) is 211 Å². The monoisotopic (exact) mass is 794 g/mol. The van der Waals surface area contributed by atoms with Gasteiger partial charge in [0.25, 0.3) is 0 Å². The van der Waals surface area contributed by atoms with Crippen LogP contribution in [0.1, 0.15) is 0 Å². The Bertz CT molecular complexity index is 3560. The van der Waals surface area contributed by atoms with Gasteiger partial charge in [0.1, 0.15) is 17.5 Å². The van der Waals surface area contributed by atoms with Gasteiger partial charge in [0.05, 0.1) is 27.8 Å². The van der Waals surface area contributed by atoms with Crippen LogP contribution in [0.25, 0.3) is 117 Å². The molecule has 0 aliphatic carbocycles. The van der Waals surface area contributed by atoms with E-state index in [-0.39, 0.29) is 0 Å². The number of nitrogens with zero attached hydrogens (tertiary/aromatic N) is 6. The van der Waals surface area contributed by atoms with E-state index >= 15 is 0 Å². The first kappa shape index (κ1) is 35.4. The Morgan fingerprint density at radius 1 is 0.387 bits per heavy atom. The van der Waals surface area contributed by atoms with Crippen molar-refractivity contribution in [1.82, 2.24) is 29.5 Å². The van der Waals surface area contributed by atoms with Gasteiger partial charge in [-0.2, -0.15) is 0 Å². The highest BCUT2D eigenvalue weighted by atomic mass is 16.3. The molecule has 0 radical (unpaired) electrons. The second-order valence-electron chi connectivity index (χ2n) is 15.3. The van der Waals surface area contributed by atoms with Gasteiger partial charge in [-0.3, -0.25) is 0 Å². The molecule has 0 bridgehead atoms. The Labute approximate surface area is 356 Å². The molecule has 0 fully saturated rings. The summed E-state index contributed by atoms with van der Waals surface area (Å²) in [5.41, 5.74) is 15.8. The predicted molar refractivity (Wildman–Crippen MR) is 250 cm³/mol. The SMILES string of the molecule is c1ccc(-c2cccc(-c3ncnc4c3oc3ncc(-c5ccc(-c6cc(-c7ccc(-n8c9ccccc9c9ccccc98)cc7)nc(-c7ccccc7)n6)cc5)cc34)c2)cc1. The van der Waals surface area contributed by atoms with Crippen molar-refractivity contribution in [1.29, 1.82) is 0 Å². The summed E-state index contributed by atoms with van der Waals surface area (Å²) >= 11 is 0. The van der Waals surface area contributed by atoms with E-state index in [1.165, 1.54) is 21.8 Å². The molecule has 0 amide bonds. The van der Waals surface area contributed by atoms with Gasteiger partial charge >= 0.3 is 0 Å². The standard InChI is InChI=1S/C55H34N6O/c1-3-12-35(13-4-1)40-16-11-17-41(30-40)51-53-52(58-34-57-51)46-31-42(33-56-55(46)62-53)36-22-24-37(25-23-36)47-32-48(60-54(59-47)39-14-5-2-6-15-39)38-26-28-43(29-27-38)61-49-20-9-7-18-44(49)45-19-8-10-21-50(45)61/h1-34H. The van der Waals surface area contributed by atoms with Crippen LogP contribution in [0.4, 0.5) is 0 Å². The molecule has 0 unspecified atom stereocenters. The zero-order valence-corrected chi connectivity index (χ0v) is 33.2. The van der Waals surface area contributed by atoms with Crippen molar-refractivity contribution in [3.8, 4) is 73.1 Å². The molecule has 7 heteroatoms. The minimum absolute atomic E-state index is 0.520. The number of para-hydroxylation sites is 2. The maximum absolute atomic E-state index is 6.35. The van der Waals surface area contributed by atoms with E-state index in [9.17, 15) is 0 Å². The topological polar surface area (TPSA) is 82.5 Å². The Balaban J connectivity index is 0.888. The summed E-state index contributed by atoms with van der Waals surface area (Å²) in [6.07, 6.45) is 3.45. The molecular weight excluding hydrogens is 761 g/mol. The van der Waals surface area contributed by atoms with Gasteiger partial charge in [0, 0.05) is 50.5 Å². The number of fused-ring (bicyclic) bond motifs is 6. The summed E-state index contributed by atoms with van der Waals surface area (Å²) in [5.74, 6) is 0.670. The smallest absolute Gasteiger partial charge is 0.229 e. The predicted octanol–water partition coefficient (Wildman–Crippen LogP) is 13.7. The van der Waals surface area contributed by atoms with Gasteiger partial charge in [-0.25, -0.2) is 24.9 Å². The van der Waals surface area contributed by atoms with E-state index < -0.39 is 0 Å². The molecule has 0 spiro atoms. The number of pyridine rings is 1. The summed E-state index contributed by atoms with van der Waals surface area (Å²) in [7, 11) is 0. The van der Waals surface area contributed by atoms with Crippen LogP contribution >= 0.6 is 0 Å². The Hall–Kier alpha value is -8.55. The molecule has 7 nitrogen and oxygen atoms in total. The van der Waals surface area contributed by atoms with E-state index in [0.29, 0.717) is 17.1 Å². The van der Waals surface area contributed by atoms with Crippen LogP contribution in [0.2, 0.25) is 0 Å². The van der Waals surface area contributed by atoms with Crippen molar-refractivity contribution >= 4 is 44.0 Å². The molecule has 0 aliphatic rings. The molecule has 0 aliphatic heterocycles. The first-order valence-corrected chi connectivity index (χ1v) is 20.6. The van der Waals surface area contributed by atoms with Gasteiger partial charge in [0.15, 0.2) is 11.4 Å². The quantitative estimate of drug-likeness (QED) is 0.160. The number of hydrogen-bond acceptors (Lipinski definition) is 6. The second-order valence-corrected chi connectivity index (χ2v) is 15.3. The van der Waals surface area contributed by atoms with Gasteiger partial charge in [-0.05, 0) is 59.2 Å². The van der Waals surface area contributed by atoms with E-state index in [1.807, 2.05) is 48.7 Å². The largest absolute Gasteiger partial charge is 0.434 e. The van der Waals surface area contributed by atoms with Crippen molar-refractivity contribution in [3.05, 3.63) is 207 Å². The van der Waals surface area contributed by atoms with Crippen molar-refractivity contribution in [2.45, 2.75) is 0 Å². The molecule has 0 atom stereocenters. The van der Waals surface area contributed by atoms with Crippen molar-refractivity contribution in [2.24, 2.45) is 0 Å². The Morgan fingerprint density at radius 3 is 1.65 bits per heavy atom. The van der Waals surface area contributed by atoms with Gasteiger partial charge in [-0.15, -0.1) is 0 Å². The van der Waals surface area contributed by atoms with Crippen molar-refractivity contribution in [3.63, 3.8) is 0 Å². The molecule has 0 N–H and O–H groups in total. The van der Waals surface area contributed by atoms with Gasteiger partial charge < -0.3 is 8.98 Å². The number of benzene rings is 7. The van der Waals surface area contributed by atoms with Crippen molar-refractivity contribution in [2.75, 3.05) is 0 Å². The third kappa shape index (κ3) is 6.11. The summed E-state index contributed by atoms with van der Waals surface area (Å²) in [6.45, 7) is 0. The molecule has 0 saturated carbocycles. The number of rotatable bonds is 7. The number of aromatic nitrogens is 6. The van der Waals surface area contributed by atoms with E-state index in [1.54, 1.807) is 6.33 Å². The lowest BCUT2D eigenvalue weighted by atomic mass is 10.0. The molecule has 62 heavy (non-hydrogen) atoms. The first-order chi connectivity index (χ1) is 30.7. The summed E-state index contributed by atoms with van der Waals surface area (Å²) < 4.78 is 8.68. The van der Waals surface area contributed by atoms with Crippen molar-refractivity contribution < 1.29 is 4.42 Å².